The minimum Gasteiger partial charge on any atom is -0.399 e. The molecule has 0 radical (unpaired) electrons. The molecule has 0 bridgehead atoms. The average molecular weight is 344 g/mol. The minimum atomic E-state index is 0.762. The van der Waals surface area contributed by atoms with Crippen molar-refractivity contribution in [2.24, 2.45) is 11.8 Å². The van der Waals surface area contributed by atoms with E-state index in [2.05, 4.69) is 46.2 Å². The third-order valence-corrected chi connectivity index (χ3v) is 6.81. The van der Waals surface area contributed by atoms with Gasteiger partial charge in [0, 0.05) is 43.1 Å². The summed E-state index contributed by atoms with van der Waals surface area (Å²) in [6.45, 7) is 7.45. The lowest BCUT2D eigenvalue weighted by atomic mass is 10.1. The highest BCUT2D eigenvalue weighted by molar-refractivity contribution is 5.54. The molecule has 0 amide bonds. The quantitative estimate of drug-likeness (QED) is 0.753. The molecule has 5 rings (SSSR count). The zero-order valence-electron chi connectivity index (χ0n) is 15.7. The zero-order valence-corrected chi connectivity index (χ0v) is 15.7. The van der Waals surface area contributed by atoms with E-state index in [-0.39, 0.29) is 0 Å². The van der Waals surface area contributed by atoms with Crippen molar-refractivity contribution in [1.82, 2.24) is 15.1 Å². The van der Waals surface area contributed by atoms with Crippen molar-refractivity contribution in [2.75, 3.05) is 64.0 Å². The molecule has 1 aromatic carbocycles. The van der Waals surface area contributed by atoms with Crippen molar-refractivity contribution in [3.63, 3.8) is 0 Å². The van der Waals surface area contributed by atoms with Crippen LogP contribution in [-0.4, -0.2) is 75.2 Å². The van der Waals surface area contributed by atoms with E-state index in [1.54, 1.807) is 0 Å². The second kappa shape index (κ2) is 7.14. The summed E-state index contributed by atoms with van der Waals surface area (Å²) in [5.74, 6) is 1.83. The van der Waals surface area contributed by atoms with Crippen LogP contribution in [0.4, 0.5) is 11.4 Å². The first-order chi connectivity index (χ1) is 12.1. The fourth-order valence-electron chi connectivity index (χ4n) is 5.13. The van der Waals surface area contributed by atoms with E-state index >= 15 is 0 Å². The minimum absolute atomic E-state index is 0.762. The predicted octanol–water partition coefficient (Wildman–Crippen LogP) is 1.32. The van der Waals surface area contributed by atoms with Crippen LogP contribution in [-0.2, 0) is 0 Å². The number of hydrogen-bond donors (Lipinski definition) is 2. The van der Waals surface area contributed by atoms with Crippen molar-refractivity contribution >= 4 is 11.4 Å². The lowest BCUT2D eigenvalue weighted by Gasteiger charge is -2.22. The number of likely N-dealkylation sites (tertiary alicyclic amines) is 2. The van der Waals surface area contributed by atoms with Gasteiger partial charge in [0.1, 0.15) is 0 Å². The molecule has 138 valence electrons. The number of fused-ring (bicyclic) bond motifs is 2. The Morgan fingerprint density at radius 3 is 2.24 bits per heavy atom. The van der Waals surface area contributed by atoms with Gasteiger partial charge in [-0.1, -0.05) is 0 Å². The molecule has 4 heterocycles. The van der Waals surface area contributed by atoms with Crippen LogP contribution in [0, 0.1) is 11.8 Å². The summed E-state index contributed by atoms with van der Waals surface area (Å²) in [7, 11) is 4.48. The van der Waals surface area contributed by atoms with Gasteiger partial charge in [0.25, 0.3) is 0 Å². The van der Waals surface area contributed by atoms with Crippen molar-refractivity contribution < 1.29 is 0 Å². The largest absolute Gasteiger partial charge is 0.399 e. The first-order valence-electron chi connectivity index (χ1n) is 9.83. The Morgan fingerprint density at radius 1 is 0.880 bits per heavy atom. The summed E-state index contributed by atoms with van der Waals surface area (Å²) in [5.41, 5.74) is 7.88. The molecule has 25 heavy (non-hydrogen) atoms. The van der Waals surface area contributed by atoms with Gasteiger partial charge < -0.3 is 25.8 Å². The number of nitrogens with two attached hydrogens (primary N) is 1. The fourth-order valence-corrected chi connectivity index (χ4v) is 5.13. The Bertz CT molecular complexity index is 574. The molecule has 5 heteroatoms. The topological polar surface area (TPSA) is 47.8 Å². The summed E-state index contributed by atoms with van der Waals surface area (Å²) in [6.07, 6.45) is 2.76. The number of rotatable bonds is 1. The van der Waals surface area contributed by atoms with Crippen LogP contribution < -0.4 is 16.0 Å². The monoisotopic (exact) mass is 343 g/mol. The molecule has 4 atom stereocenters. The van der Waals surface area contributed by atoms with E-state index in [1.165, 1.54) is 57.8 Å². The summed E-state index contributed by atoms with van der Waals surface area (Å²) >= 11 is 0. The van der Waals surface area contributed by atoms with Gasteiger partial charge in [-0.3, -0.25) is 0 Å². The predicted molar refractivity (Wildman–Crippen MR) is 105 cm³/mol. The molecule has 0 saturated carbocycles. The lowest BCUT2D eigenvalue weighted by molar-refractivity contribution is 0.308. The van der Waals surface area contributed by atoms with Crippen LogP contribution in [0.5, 0.6) is 0 Å². The van der Waals surface area contributed by atoms with Gasteiger partial charge in [0.05, 0.1) is 0 Å². The highest BCUT2D eigenvalue weighted by Gasteiger charge is 2.39. The Kier molecular flexibility index (Phi) is 4.89. The normalized spacial score (nSPS) is 34.7. The second-order valence-electron chi connectivity index (χ2n) is 8.35. The Balaban J connectivity index is 0.000000147. The maximum absolute atomic E-state index is 5.71. The van der Waals surface area contributed by atoms with Gasteiger partial charge in [-0.15, -0.1) is 0 Å². The number of anilines is 2. The van der Waals surface area contributed by atoms with Gasteiger partial charge in [0.2, 0.25) is 0 Å². The fraction of sp³-hybridized carbons (Fsp3) is 0.700. The number of likely N-dealkylation sites (N-methyl/N-ethyl adjacent to an activating group) is 2. The third-order valence-electron chi connectivity index (χ3n) is 6.81. The third kappa shape index (κ3) is 3.50. The molecule has 1 aromatic rings. The maximum Gasteiger partial charge on any atom is 0.0368 e. The smallest absolute Gasteiger partial charge is 0.0368 e. The van der Waals surface area contributed by atoms with Gasteiger partial charge in [-0.05, 0) is 82.7 Å². The van der Waals surface area contributed by atoms with Crippen LogP contribution in [0.15, 0.2) is 24.3 Å². The number of nitrogens with one attached hydrogen (secondary N) is 1. The number of hydrogen-bond acceptors (Lipinski definition) is 5. The molecular weight excluding hydrogens is 310 g/mol. The van der Waals surface area contributed by atoms with Crippen LogP contribution in [0.1, 0.15) is 12.8 Å². The highest BCUT2D eigenvalue weighted by Crippen LogP contribution is 2.33. The molecule has 0 spiro atoms. The Hall–Kier alpha value is -1.30. The molecule has 0 aliphatic carbocycles. The van der Waals surface area contributed by atoms with Crippen LogP contribution in [0.3, 0.4) is 0 Å². The van der Waals surface area contributed by atoms with E-state index in [1.807, 2.05) is 12.1 Å². The van der Waals surface area contributed by atoms with E-state index in [9.17, 15) is 0 Å². The van der Waals surface area contributed by atoms with Gasteiger partial charge in [-0.25, -0.2) is 0 Å². The van der Waals surface area contributed by atoms with Gasteiger partial charge in [-0.2, -0.15) is 0 Å². The first kappa shape index (κ1) is 17.1. The standard InChI is InChI=1S/C13H19N3.C7H14N2/c1-15-7-6-10-8-16(9-13(10)15)12-4-2-11(14)3-5-12;1-9-3-2-6-4-8-5-7(6)9/h2-5,10,13H,6-9,14H2,1H3;6-8H,2-5H2,1H3. The summed E-state index contributed by atoms with van der Waals surface area (Å²) in [4.78, 5) is 7.47. The molecular formula is C20H33N5. The lowest BCUT2D eigenvalue weighted by Crippen LogP contribution is -2.32. The highest BCUT2D eigenvalue weighted by atomic mass is 15.3. The molecule has 4 fully saturated rings. The average Bonchev–Trinajstić information content (AvgIpc) is 3.35. The molecule has 4 saturated heterocycles. The molecule has 4 unspecified atom stereocenters. The van der Waals surface area contributed by atoms with Crippen molar-refractivity contribution in [3.05, 3.63) is 24.3 Å². The second-order valence-corrected chi connectivity index (χ2v) is 8.35. The van der Waals surface area contributed by atoms with Crippen LogP contribution in [0.2, 0.25) is 0 Å². The van der Waals surface area contributed by atoms with E-state index < -0.39 is 0 Å². The molecule has 3 N–H and O–H groups in total. The number of nitrogens with zero attached hydrogens (tertiary/aromatic N) is 3. The van der Waals surface area contributed by atoms with Gasteiger partial charge >= 0.3 is 0 Å². The Morgan fingerprint density at radius 2 is 1.56 bits per heavy atom. The van der Waals surface area contributed by atoms with E-state index in [0.717, 1.165) is 29.6 Å². The SMILES string of the molecule is CN1CCC2CN(c3ccc(N)cc3)CC21.CN1CCC2CNCC21. The maximum atomic E-state index is 5.71. The van der Waals surface area contributed by atoms with Crippen LogP contribution >= 0.6 is 0 Å². The van der Waals surface area contributed by atoms with Gasteiger partial charge in [0.15, 0.2) is 0 Å². The van der Waals surface area contributed by atoms with Crippen molar-refractivity contribution in [2.45, 2.75) is 24.9 Å². The summed E-state index contributed by atoms with van der Waals surface area (Å²) < 4.78 is 0. The Labute approximate surface area is 152 Å². The zero-order chi connectivity index (χ0) is 17.4. The van der Waals surface area contributed by atoms with E-state index in [0.29, 0.717) is 0 Å². The van der Waals surface area contributed by atoms with E-state index in [4.69, 9.17) is 5.73 Å². The number of benzene rings is 1. The first-order valence-corrected chi connectivity index (χ1v) is 9.83. The molecule has 5 nitrogen and oxygen atoms in total. The molecule has 4 aliphatic rings. The number of nitrogen functional groups attached to an aromatic ring is 1. The summed E-state index contributed by atoms with van der Waals surface area (Å²) in [5, 5.41) is 3.41. The van der Waals surface area contributed by atoms with Crippen molar-refractivity contribution in [3.8, 4) is 0 Å². The summed E-state index contributed by atoms with van der Waals surface area (Å²) in [6, 6.07) is 9.88. The molecule has 4 aliphatic heterocycles. The molecule has 0 aromatic heterocycles. The van der Waals surface area contributed by atoms with Crippen molar-refractivity contribution in [1.29, 1.82) is 0 Å². The van der Waals surface area contributed by atoms with Crippen LogP contribution in [0.25, 0.3) is 0 Å².